The third-order valence-corrected chi connectivity index (χ3v) is 2.41. The van der Waals surface area contributed by atoms with E-state index in [0.717, 1.165) is 24.8 Å². The van der Waals surface area contributed by atoms with Gasteiger partial charge in [0.15, 0.2) is 5.78 Å². The second-order valence-electron chi connectivity index (χ2n) is 3.58. The van der Waals surface area contributed by atoms with Crippen molar-refractivity contribution in [2.24, 2.45) is 0 Å². The molecule has 0 saturated heterocycles. The van der Waals surface area contributed by atoms with E-state index in [0.29, 0.717) is 0 Å². The summed E-state index contributed by atoms with van der Waals surface area (Å²) in [6.07, 6.45) is 15.1. The quantitative estimate of drug-likeness (QED) is 0.491. The molecule has 76 valence electrons. The van der Waals surface area contributed by atoms with Crippen LogP contribution < -0.4 is 0 Å². The van der Waals surface area contributed by atoms with Crippen molar-refractivity contribution in [1.29, 1.82) is 0 Å². The van der Waals surface area contributed by atoms with E-state index in [4.69, 9.17) is 0 Å². The van der Waals surface area contributed by atoms with Crippen LogP contribution in [0.5, 0.6) is 0 Å². The van der Waals surface area contributed by atoms with Gasteiger partial charge in [0.1, 0.15) is 0 Å². The van der Waals surface area contributed by atoms with Crippen LogP contribution in [0.25, 0.3) is 0 Å². The number of carbonyl (C=O) groups is 1. The molecule has 1 aliphatic rings. The van der Waals surface area contributed by atoms with Gasteiger partial charge in [-0.25, -0.2) is 0 Å². The number of carbonyl (C=O) groups excluding carboxylic acids is 1. The molecule has 1 heteroatoms. The summed E-state index contributed by atoms with van der Waals surface area (Å²) in [6.45, 7) is 1.94. The summed E-state index contributed by atoms with van der Waals surface area (Å²) in [4.78, 5) is 11.6. The van der Waals surface area contributed by atoms with Crippen molar-refractivity contribution in [3.05, 3.63) is 36.0 Å². The first-order chi connectivity index (χ1) is 6.84. The zero-order valence-corrected chi connectivity index (χ0v) is 8.83. The normalized spacial score (nSPS) is 18.5. The summed E-state index contributed by atoms with van der Waals surface area (Å²) in [5.74, 6) is 0.185. The number of allylic oxidation sites excluding steroid dienone is 6. The Morgan fingerprint density at radius 2 is 2.14 bits per heavy atom. The fourth-order valence-corrected chi connectivity index (χ4v) is 1.60. The molecular formula is C13H18O. The topological polar surface area (TPSA) is 17.1 Å². The number of hydrogen-bond acceptors (Lipinski definition) is 1. The highest BCUT2D eigenvalue weighted by molar-refractivity contribution is 6.04. The number of ketones is 1. The van der Waals surface area contributed by atoms with Gasteiger partial charge in [-0.1, -0.05) is 30.7 Å². The molecule has 0 aromatic rings. The first-order valence-electron chi connectivity index (χ1n) is 5.37. The lowest BCUT2D eigenvalue weighted by Gasteiger charge is -1.98. The zero-order chi connectivity index (χ0) is 10.2. The van der Waals surface area contributed by atoms with Gasteiger partial charge in [-0.15, -0.1) is 0 Å². The van der Waals surface area contributed by atoms with Crippen LogP contribution in [0.4, 0.5) is 0 Å². The lowest BCUT2D eigenvalue weighted by molar-refractivity contribution is -0.111. The van der Waals surface area contributed by atoms with E-state index in [2.05, 4.69) is 6.08 Å². The molecule has 0 spiro atoms. The molecule has 1 nitrogen and oxygen atoms in total. The second-order valence-corrected chi connectivity index (χ2v) is 3.58. The van der Waals surface area contributed by atoms with Gasteiger partial charge in [0.25, 0.3) is 0 Å². The predicted molar refractivity (Wildman–Crippen MR) is 60.1 cm³/mol. The Labute approximate surface area is 86.2 Å². The lowest BCUT2D eigenvalue weighted by atomic mass is 10.1. The number of hydrogen-bond donors (Lipinski definition) is 0. The average Bonchev–Trinajstić information content (AvgIpc) is 2.46. The molecule has 0 atom stereocenters. The van der Waals surface area contributed by atoms with E-state index >= 15 is 0 Å². The van der Waals surface area contributed by atoms with Crippen molar-refractivity contribution in [2.75, 3.05) is 0 Å². The van der Waals surface area contributed by atoms with E-state index in [1.807, 2.05) is 25.2 Å². The van der Waals surface area contributed by atoms with Crippen LogP contribution in [0.15, 0.2) is 36.0 Å². The molecular weight excluding hydrogens is 172 g/mol. The first kappa shape index (κ1) is 11.0. The molecule has 0 aliphatic heterocycles. The van der Waals surface area contributed by atoms with Gasteiger partial charge in [0, 0.05) is 0 Å². The van der Waals surface area contributed by atoms with Gasteiger partial charge in [-0.3, -0.25) is 4.79 Å². The van der Waals surface area contributed by atoms with Gasteiger partial charge in [0.2, 0.25) is 0 Å². The minimum Gasteiger partial charge on any atom is -0.290 e. The van der Waals surface area contributed by atoms with Crippen molar-refractivity contribution >= 4 is 5.78 Å². The molecule has 0 amide bonds. The fourth-order valence-electron chi connectivity index (χ4n) is 1.60. The lowest BCUT2D eigenvalue weighted by Crippen LogP contribution is -1.97. The molecule has 14 heavy (non-hydrogen) atoms. The fraction of sp³-hybridized carbons (Fsp3) is 0.462. The molecule has 0 aromatic carbocycles. The van der Waals surface area contributed by atoms with E-state index < -0.39 is 0 Å². The van der Waals surface area contributed by atoms with Crippen LogP contribution in [0.3, 0.4) is 0 Å². The minimum absolute atomic E-state index is 0.185. The Balaban J connectivity index is 2.54. The largest absolute Gasteiger partial charge is 0.290 e. The van der Waals surface area contributed by atoms with Gasteiger partial charge >= 0.3 is 0 Å². The Kier molecular flexibility index (Phi) is 4.98. The van der Waals surface area contributed by atoms with Crippen LogP contribution in [-0.4, -0.2) is 5.78 Å². The first-order valence-corrected chi connectivity index (χ1v) is 5.37. The molecule has 0 saturated carbocycles. The SMILES string of the molecule is C/C=C/C=C/C(=O)C1=CCCCCC1. The van der Waals surface area contributed by atoms with Gasteiger partial charge in [0.05, 0.1) is 0 Å². The summed E-state index contributed by atoms with van der Waals surface area (Å²) >= 11 is 0. The third kappa shape index (κ3) is 3.73. The van der Waals surface area contributed by atoms with E-state index in [1.54, 1.807) is 6.08 Å². The van der Waals surface area contributed by atoms with Crippen molar-refractivity contribution in [3.8, 4) is 0 Å². The molecule has 0 fully saturated rings. The van der Waals surface area contributed by atoms with E-state index in [-0.39, 0.29) is 5.78 Å². The Morgan fingerprint density at radius 3 is 2.93 bits per heavy atom. The molecule has 0 heterocycles. The van der Waals surface area contributed by atoms with Gasteiger partial charge in [-0.2, -0.15) is 0 Å². The van der Waals surface area contributed by atoms with Crippen LogP contribution in [0, 0.1) is 0 Å². The molecule has 1 aliphatic carbocycles. The van der Waals surface area contributed by atoms with Gasteiger partial charge < -0.3 is 0 Å². The van der Waals surface area contributed by atoms with E-state index in [9.17, 15) is 4.79 Å². The van der Waals surface area contributed by atoms with Crippen molar-refractivity contribution in [2.45, 2.75) is 39.0 Å². The maximum absolute atomic E-state index is 11.6. The highest BCUT2D eigenvalue weighted by atomic mass is 16.1. The summed E-state index contributed by atoms with van der Waals surface area (Å²) in [7, 11) is 0. The Bertz CT molecular complexity index is 269. The number of rotatable bonds is 3. The Hall–Kier alpha value is -1.11. The molecule has 0 radical (unpaired) electrons. The highest BCUT2D eigenvalue weighted by Gasteiger charge is 2.07. The van der Waals surface area contributed by atoms with Crippen LogP contribution in [0.2, 0.25) is 0 Å². The van der Waals surface area contributed by atoms with Crippen LogP contribution in [0.1, 0.15) is 39.0 Å². The van der Waals surface area contributed by atoms with Crippen LogP contribution in [-0.2, 0) is 4.79 Å². The smallest absolute Gasteiger partial charge is 0.181 e. The molecule has 0 bridgehead atoms. The van der Waals surface area contributed by atoms with Crippen LogP contribution >= 0.6 is 0 Å². The maximum Gasteiger partial charge on any atom is 0.181 e. The molecule has 1 rings (SSSR count). The molecule has 0 aromatic heterocycles. The standard InChI is InChI=1S/C13H18O/c1-2-3-6-11-13(14)12-9-7-4-5-8-10-12/h2-3,6,9,11H,4-5,7-8,10H2,1H3/b3-2+,11-6+. The summed E-state index contributed by atoms with van der Waals surface area (Å²) < 4.78 is 0. The molecule has 0 unspecified atom stereocenters. The summed E-state index contributed by atoms with van der Waals surface area (Å²) in [6, 6.07) is 0. The third-order valence-electron chi connectivity index (χ3n) is 2.41. The Morgan fingerprint density at radius 1 is 1.29 bits per heavy atom. The van der Waals surface area contributed by atoms with E-state index in [1.165, 1.54) is 12.8 Å². The van der Waals surface area contributed by atoms with Gasteiger partial charge in [-0.05, 0) is 44.3 Å². The summed E-state index contributed by atoms with van der Waals surface area (Å²) in [5, 5.41) is 0. The zero-order valence-electron chi connectivity index (χ0n) is 8.83. The van der Waals surface area contributed by atoms with Crippen molar-refractivity contribution in [3.63, 3.8) is 0 Å². The summed E-state index contributed by atoms with van der Waals surface area (Å²) in [5.41, 5.74) is 1.00. The highest BCUT2D eigenvalue weighted by Crippen LogP contribution is 2.17. The van der Waals surface area contributed by atoms with Crippen molar-refractivity contribution in [1.82, 2.24) is 0 Å². The predicted octanol–water partition coefficient (Wildman–Crippen LogP) is 3.58. The monoisotopic (exact) mass is 190 g/mol. The van der Waals surface area contributed by atoms with Crippen molar-refractivity contribution < 1.29 is 4.79 Å². The second kappa shape index (κ2) is 6.36. The minimum atomic E-state index is 0.185. The molecule has 0 N–H and O–H groups in total. The maximum atomic E-state index is 11.6. The average molecular weight is 190 g/mol.